The maximum Gasteiger partial charge on any atom is 0.191 e. The molecule has 0 saturated carbocycles. The normalized spacial score (nSPS) is 9.88. The number of pyridine rings is 1. The number of aliphatic imine (C=N–C) groups is 1. The second kappa shape index (κ2) is 7.51. The van der Waals surface area contributed by atoms with Crippen LogP contribution in [0.5, 0.6) is 0 Å². The Bertz CT molecular complexity index is 866. The predicted octanol–water partition coefficient (Wildman–Crippen LogP) is 2.34. The van der Waals surface area contributed by atoms with Gasteiger partial charge in [-0.3, -0.25) is 0 Å². The minimum absolute atomic E-state index is 0.0507. The van der Waals surface area contributed by atoms with Crippen LogP contribution in [0.3, 0.4) is 0 Å². The van der Waals surface area contributed by atoms with E-state index in [4.69, 9.17) is 28.7 Å². The summed E-state index contributed by atoms with van der Waals surface area (Å²) in [5.41, 5.74) is 29.1. The Morgan fingerprint density at radius 2 is 1.62 bits per heavy atom. The van der Waals surface area contributed by atoms with Crippen molar-refractivity contribution >= 4 is 55.5 Å². The number of nitrogen functional groups attached to an aromatic ring is 3. The van der Waals surface area contributed by atoms with E-state index in [0.29, 0.717) is 22.9 Å². The van der Waals surface area contributed by atoms with Crippen LogP contribution in [0, 0.1) is 0 Å². The van der Waals surface area contributed by atoms with Gasteiger partial charge in [-0.2, -0.15) is 0 Å². The van der Waals surface area contributed by atoms with Gasteiger partial charge < -0.3 is 28.7 Å². The van der Waals surface area contributed by atoms with Gasteiger partial charge in [0.1, 0.15) is 5.82 Å². The molecule has 0 radical (unpaired) electrons. The first-order valence-electron chi connectivity index (χ1n) is 6.91. The van der Waals surface area contributed by atoms with Crippen LogP contribution in [0.2, 0.25) is 0 Å². The number of benzene rings is 2. The number of hydrogen-bond acceptors (Lipinski definition) is 5. The van der Waals surface area contributed by atoms with Crippen molar-refractivity contribution in [2.75, 3.05) is 17.2 Å². The summed E-state index contributed by atoms with van der Waals surface area (Å²) in [7, 11) is 0. The first-order valence-corrected chi connectivity index (χ1v) is 7.70. The molecular weight excluding hydrogens is 370 g/mol. The number of anilines is 3. The molecule has 1 heterocycles. The van der Waals surface area contributed by atoms with Crippen LogP contribution in [-0.2, 0) is 0 Å². The highest BCUT2D eigenvalue weighted by Gasteiger charge is 2.02. The molecule has 1 aromatic heterocycles. The summed E-state index contributed by atoms with van der Waals surface area (Å²) < 4.78 is 0.984. The Morgan fingerprint density at radius 3 is 2.25 bits per heavy atom. The molecule has 0 bridgehead atoms. The first kappa shape index (κ1) is 17.4. The Hall–Kier alpha value is -3.00. The minimum Gasteiger partial charge on any atom is -0.399 e. The molecule has 0 aliphatic heterocycles. The van der Waals surface area contributed by atoms with E-state index in [1.165, 1.54) is 0 Å². The fourth-order valence-electron chi connectivity index (χ4n) is 1.92. The number of guanidine groups is 1. The van der Waals surface area contributed by atoms with Crippen LogP contribution in [0.15, 0.2) is 58.1 Å². The molecule has 124 valence electrons. The van der Waals surface area contributed by atoms with Gasteiger partial charge in [-0.15, -0.1) is 0 Å². The van der Waals surface area contributed by atoms with E-state index in [1.54, 1.807) is 30.5 Å². The van der Waals surface area contributed by atoms with Gasteiger partial charge in [0.05, 0.1) is 11.4 Å². The maximum atomic E-state index is 5.78. The molecule has 0 unspecified atom stereocenters. The zero-order valence-electron chi connectivity index (χ0n) is 12.8. The highest BCUT2D eigenvalue weighted by atomic mass is 79.9. The monoisotopic (exact) mass is 387 g/mol. The van der Waals surface area contributed by atoms with E-state index in [-0.39, 0.29) is 5.96 Å². The SMILES string of the molecule is NC(N)=Nc1ccc(N)cc1.Nc1ncc2ccc(Br)cc2c1N. The van der Waals surface area contributed by atoms with Crippen molar-refractivity contribution in [3.8, 4) is 0 Å². The van der Waals surface area contributed by atoms with Crippen LogP contribution in [-0.4, -0.2) is 10.9 Å². The molecule has 24 heavy (non-hydrogen) atoms. The van der Waals surface area contributed by atoms with Crippen molar-refractivity contribution in [3.63, 3.8) is 0 Å². The minimum atomic E-state index is 0.0507. The van der Waals surface area contributed by atoms with Crippen molar-refractivity contribution in [1.82, 2.24) is 4.98 Å². The van der Waals surface area contributed by atoms with Crippen molar-refractivity contribution < 1.29 is 0 Å². The number of nitrogens with two attached hydrogens (primary N) is 5. The molecule has 10 N–H and O–H groups in total. The third-order valence-corrected chi connectivity index (χ3v) is 3.57. The Morgan fingerprint density at radius 1 is 0.958 bits per heavy atom. The molecule has 3 rings (SSSR count). The molecule has 3 aromatic rings. The second-order valence-corrected chi connectivity index (χ2v) is 5.83. The van der Waals surface area contributed by atoms with Gasteiger partial charge >= 0.3 is 0 Å². The summed E-state index contributed by atoms with van der Waals surface area (Å²) in [6, 6.07) is 12.8. The van der Waals surface area contributed by atoms with Gasteiger partial charge in [0.15, 0.2) is 5.96 Å². The van der Waals surface area contributed by atoms with E-state index in [1.807, 2.05) is 18.2 Å². The summed E-state index contributed by atoms with van der Waals surface area (Å²) in [6.45, 7) is 0. The van der Waals surface area contributed by atoms with E-state index in [9.17, 15) is 0 Å². The molecule has 0 atom stereocenters. The fraction of sp³-hybridized carbons (Fsp3) is 0. The molecule has 2 aromatic carbocycles. The average molecular weight is 388 g/mol. The van der Waals surface area contributed by atoms with Crippen LogP contribution in [0.1, 0.15) is 0 Å². The maximum absolute atomic E-state index is 5.78. The summed E-state index contributed by atoms with van der Waals surface area (Å²) in [6.07, 6.45) is 1.72. The van der Waals surface area contributed by atoms with Crippen molar-refractivity contribution in [2.45, 2.75) is 0 Å². The number of aromatic nitrogens is 1. The predicted molar refractivity (Wildman–Crippen MR) is 105 cm³/mol. The van der Waals surface area contributed by atoms with Crippen LogP contribution in [0.4, 0.5) is 22.9 Å². The van der Waals surface area contributed by atoms with Gasteiger partial charge in [-0.1, -0.05) is 22.0 Å². The fourth-order valence-corrected chi connectivity index (χ4v) is 2.28. The van der Waals surface area contributed by atoms with Gasteiger partial charge in [0.25, 0.3) is 0 Å². The summed E-state index contributed by atoms with van der Waals surface area (Å²) in [5, 5.41) is 1.93. The molecule has 8 heteroatoms. The third-order valence-electron chi connectivity index (χ3n) is 3.08. The molecule has 0 aliphatic rings. The highest BCUT2D eigenvalue weighted by Crippen LogP contribution is 2.27. The van der Waals surface area contributed by atoms with Gasteiger partial charge in [-0.25, -0.2) is 9.98 Å². The molecule has 0 amide bonds. The van der Waals surface area contributed by atoms with E-state index in [2.05, 4.69) is 25.9 Å². The lowest BCUT2D eigenvalue weighted by molar-refractivity contribution is 1.37. The summed E-state index contributed by atoms with van der Waals surface area (Å²) in [4.78, 5) is 7.79. The molecule has 0 fully saturated rings. The zero-order chi connectivity index (χ0) is 17.7. The number of nitrogens with zero attached hydrogens (tertiary/aromatic N) is 2. The lowest BCUT2D eigenvalue weighted by Gasteiger charge is -2.04. The first-order chi connectivity index (χ1) is 11.4. The highest BCUT2D eigenvalue weighted by molar-refractivity contribution is 9.10. The topological polar surface area (TPSA) is 155 Å². The van der Waals surface area contributed by atoms with Crippen molar-refractivity contribution in [1.29, 1.82) is 0 Å². The van der Waals surface area contributed by atoms with Gasteiger partial charge in [-0.05, 0) is 36.4 Å². The average Bonchev–Trinajstić information content (AvgIpc) is 2.54. The standard InChI is InChI=1S/C9H8BrN3.C7H10N4/c10-6-2-1-5-4-13-9(12)8(11)7(5)3-6;8-5-1-3-6(4-2-5)11-7(9)10/h1-4H,11H2,(H2,12,13);1-4H,8H2,(H4,9,10,11). The molecule has 0 aliphatic carbocycles. The Kier molecular flexibility index (Phi) is 5.43. The number of hydrogen-bond donors (Lipinski definition) is 5. The van der Waals surface area contributed by atoms with Gasteiger partial charge in [0, 0.05) is 27.1 Å². The second-order valence-electron chi connectivity index (χ2n) is 4.92. The summed E-state index contributed by atoms with van der Waals surface area (Å²) >= 11 is 3.37. The van der Waals surface area contributed by atoms with Crippen LogP contribution < -0.4 is 28.7 Å². The molecule has 7 nitrogen and oxygen atoms in total. The van der Waals surface area contributed by atoms with Crippen LogP contribution >= 0.6 is 15.9 Å². The largest absolute Gasteiger partial charge is 0.399 e. The molecule has 0 saturated heterocycles. The van der Waals surface area contributed by atoms with Crippen molar-refractivity contribution in [2.24, 2.45) is 16.5 Å². The number of fused-ring (bicyclic) bond motifs is 1. The van der Waals surface area contributed by atoms with Gasteiger partial charge in [0.2, 0.25) is 0 Å². The Labute approximate surface area is 147 Å². The molecule has 0 spiro atoms. The number of rotatable bonds is 1. The Balaban J connectivity index is 0.000000177. The number of halogens is 1. The smallest absolute Gasteiger partial charge is 0.191 e. The van der Waals surface area contributed by atoms with E-state index >= 15 is 0 Å². The molecular formula is C16H18BrN7. The lowest BCUT2D eigenvalue weighted by atomic mass is 10.1. The van der Waals surface area contributed by atoms with Crippen molar-refractivity contribution in [3.05, 3.63) is 53.1 Å². The lowest BCUT2D eigenvalue weighted by Crippen LogP contribution is -2.21. The quantitative estimate of drug-likeness (QED) is 0.245. The third kappa shape index (κ3) is 4.50. The van der Waals surface area contributed by atoms with Crippen LogP contribution in [0.25, 0.3) is 10.8 Å². The summed E-state index contributed by atoms with van der Waals surface area (Å²) in [5.74, 6) is 0.431. The van der Waals surface area contributed by atoms with E-state index < -0.39 is 0 Å². The zero-order valence-corrected chi connectivity index (χ0v) is 14.4. The van der Waals surface area contributed by atoms with E-state index in [0.717, 1.165) is 15.2 Å².